The minimum Gasteiger partial charge on any atom is -0.469 e. The molecule has 1 fully saturated rings. The maximum Gasteiger partial charge on any atom is 0.331 e. The van der Waals surface area contributed by atoms with Gasteiger partial charge in [0.05, 0.1) is 11.0 Å². The molecule has 1 aromatic heterocycles. The van der Waals surface area contributed by atoms with Crippen LogP contribution in [0.25, 0.3) is 0 Å². The van der Waals surface area contributed by atoms with E-state index in [-0.39, 0.29) is 23.8 Å². The molecule has 1 heterocycles. The zero-order valence-electron chi connectivity index (χ0n) is 12.4. The molecule has 21 heavy (non-hydrogen) atoms. The van der Waals surface area contributed by atoms with Gasteiger partial charge in [-0.05, 0) is 32.3 Å². The van der Waals surface area contributed by atoms with Gasteiger partial charge in [-0.2, -0.15) is 4.98 Å². The van der Waals surface area contributed by atoms with Crippen LogP contribution in [-0.4, -0.2) is 35.8 Å². The Hall–Kier alpha value is -1.89. The highest BCUT2D eigenvalue weighted by atomic mass is 16.6. The third-order valence-electron chi connectivity index (χ3n) is 3.58. The van der Waals surface area contributed by atoms with E-state index in [0.717, 1.165) is 25.7 Å². The van der Waals surface area contributed by atoms with Gasteiger partial charge in [-0.3, -0.25) is 10.1 Å². The monoisotopic (exact) mass is 295 g/mol. The number of nitrogens with zero attached hydrogens (tertiary/aromatic N) is 2. The Kier molecular flexibility index (Phi) is 5.32. The van der Waals surface area contributed by atoms with Gasteiger partial charge in [0.1, 0.15) is 11.9 Å². The van der Waals surface area contributed by atoms with Gasteiger partial charge >= 0.3 is 5.69 Å². The van der Waals surface area contributed by atoms with Crippen molar-refractivity contribution in [1.82, 2.24) is 4.98 Å². The van der Waals surface area contributed by atoms with Crippen LogP contribution in [0.15, 0.2) is 12.1 Å². The summed E-state index contributed by atoms with van der Waals surface area (Å²) in [5.74, 6) is 0.664. The van der Waals surface area contributed by atoms with Crippen LogP contribution in [0.4, 0.5) is 11.5 Å². The molecule has 7 heteroatoms. The number of methoxy groups -OCH3 is 1. The molecule has 0 aromatic carbocycles. The summed E-state index contributed by atoms with van der Waals surface area (Å²) >= 11 is 0. The third-order valence-corrected chi connectivity index (χ3v) is 3.58. The van der Waals surface area contributed by atoms with Crippen LogP contribution in [0.2, 0.25) is 0 Å². The topological polar surface area (TPSA) is 86.5 Å². The number of rotatable bonds is 6. The summed E-state index contributed by atoms with van der Waals surface area (Å²) in [6.45, 7) is 2.63. The molecule has 0 saturated heterocycles. The molecule has 1 aliphatic carbocycles. The van der Waals surface area contributed by atoms with Crippen molar-refractivity contribution in [1.29, 1.82) is 0 Å². The first kappa shape index (κ1) is 15.5. The lowest BCUT2D eigenvalue weighted by Gasteiger charge is -2.28. The van der Waals surface area contributed by atoms with Gasteiger partial charge in [-0.1, -0.05) is 0 Å². The molecule has 2 atom stereocenters. The SMILES string of the molecule is CCNc1ccc([N+](=O)[O-])c(OC2CCCC(OC)C2)n1. The number of nitrogens with one attached hydrogen (secondary N) is 1. The number of aromatic nitrogens is 1. The van der Waals surface area contributed by atoms with Crippen LogP contribution in [0.3, 0.4) is 0 Å². The Morgan fingerprint density at radius 3 is 2.86 bits per heavy atom. The molecule has 1 aliphatic rings. The average Bonchev–Trinajstić information content (AvgIpc) is 2.48. The quantitative estimate of drug-likeness (QED) is 0.641. The molecule has 0 aliphatic heterocycles. The highest BCUT2D eigenvalue weighted by Crippen LogP contribution is 2.31. The Balaban J connectivity index is 2.16. The normalized spacial score (nSPS) is 21.8. The van der Waals surface area contributed by atoms with Crippen molar-refractivity contribution >= 4 is 11.5 Å². The van der Waals surface area contributed by atoms with Gasteiger partial charge < -0.3 is 14.8 Å². The second-order valence-corrected chi connectivity index (χ2v) is 5.07. The predicted molar refractivity (Wildman–Crippen MR) is 78.7 cm³/mol. The lowest BCUT2D eigenvalue weighted by molar-refractivity contribution is -0.386. The molecule has 2 unspecified atom stereocenters. The molecule has 1 aromatic rings. The first-order valence-electron chi connectivity index (χ1n) is 7.22. The van der Waals surface area contributed by atoms with Crippen LogP contribution in [0.5, 0.6) is 5.88 Å². The van der Waals surface area contributed by atoms with Crippen LogP contribution in [0, 0.1) is 10.1 Å². The first-order chi connectivity index (χ1) is 10.1. The lowest BCUT2D eigenvalue weighted by Crippen LogP contribution is -2.30. The van der Waals surface area contributed by atoms with E-state index < -0.39 is 4.92 Å². The number of ether oxygens (including phenoxy) is 2. The predicted octanol–water partition coefficient (Wildman–Crippen LogP) is 2.76. The second kappa shape index (κ2) is 7.21. The lowest BCUT2D eigenvalue weighted by atomic mass is 9.95. The molecule has 0 radical (unpaired) electrons. The molecular weight excluding hydrogens is 274 g/mol. The van der Waals surface area contributed by atoms with E-state index in [1.807, 2.05) is 6.92 Å². The summed E-state index contributed by atoms with van der Waals surface area (Å²) in [5.41, 5.74) is -0.101. The summed E-state index contributed by atoms with van der Waals surface area (Å²) in [6, 6.07) is 3.02. The minimum absolute atomic E-state index is 0.0835. The summed E-state index contributed by atoms with van der Waals surface area (Å²) in [4.78, 5) is 14.8. The van der Waals surface area contributed by atoms with Crippen LogP contribution in [-0.2, 0) is 4.74 Å². The standard InChI is InChI=1S/C14H21N3O4/c1-3-15-13-8-7-12(17(18)19)14(16-13)21-11-6-4-5-10(9-11)20-2/h7-8,10-11H,3-6,9H2,1-2H3,(H,15,16). The van der Waals surface area contributed by atoms with Gasteiger partial charge in [0.25, 0.3) is 5.88 Å². The minimum atomic E-state index is -0.464. The first-order valence-corrected chi connectivity index (χ1v) is 7.22. The Morgan fingerprint density at radius 2 is 2.19 bits per heavy atom. The number of nitro groups is 1. The summed E-state index contributed by atoms with van der Waals surface area (Å²) in [6.07, 6.45) is 3.66. The molecule has 1 saturated carbocycles. The molecule has 0 amide bonds. The summed E-state index contributed by atoms with van der Waals surface area (Å²) < 4.78 is 11.1. The summed E-state index contributed by atoms with van der Waals surface area (Å²) in [5, 5.41) is 14.1. The average molecular weight is 295 g/mol. The van der Waals surface area contributed by atoms with E-state index in [2.05, 4.69) is 10.3 Å². The maximum atomic E-state index is 11.1. The van der Waals surface area contributed by atoms with Crippen molar-refractivity contribution in [2.75, 3.05) is 19.0 Å². The molecule has 0 bridgehead atoms. The molecule has 1 N–H and O–H groups in total. The highest BCUT2D eigenvalue weighted by molar-refractivity contribution is 5.49. The van der Waals surface area contributed by atoms with Gasteiger partial charge in [-0.25, -0.2) is 0 Å². The molecule has 7 nitrogen and oxygen atoms in total. The van der Waals surface area contributed by atoms with Gasteiger partial charge in [0.2, 0.25) is 0 Å². The second-order valence-electron chi connectivity index (χ2n) is 5.07. The van der Waals surface area contributed by atoms with E-state index in [9.17, 15) is 10.1 Å². The van der Waals surface area contributed by atoms with E-state index >= 15 is 0 Å². The number of anilines is 1. The fourth-order valence-corrected chi connectivity index (χ4v) is 2.52. The molecule has 2 rings (SSSR count). The Bertz CT molecular complexity index is 495. The highest BCUT2D eigenvalue weighted by Gasteiger charge is 2.27. The van der Waals surface area contributed by atoms with Crippen molar-refractivity contribution in [3.05, 3.63) is 22.2 Å². The van der Waals surface area contributed by atoms with Gasteiger partial charge in [-0.15, -0.1) is 0 Å². The van der Waals surface area contributed by atoms with Crippen molar-refractivity contribution in [3.63, 3.8) is 0 Å². The number of hydrogen-bond donors (Lipinski definition) is 1. The van der Waals surface area contributed by atoms with Gasteiger partial charge in [0, 0.05) is 26.1 Å². The Morgan fingerprint density at radius 1 is 1.43 bits per heavy atom. The number of pyridine rings is 1. The van der Waals surface area contributed by atoms with E-state index in [1.165, 1.54) is 6.07 Å². The van der Waals surface area contributed by atoms with Crippen molar-refractivity contribution in [2.45, 2.75) is 44.8 Å². The van der Waals surface area contributed by atoms with Crippen LogP contribution < -0.4 is 10.1 Å². The zero-order valence-corrected chi connectivity index (χ0v) is 12.4. The summed E-state index contributed by atoms with van der Waals surface area (Å²) in [7, 11) is 1.68. The van der Waals surface area contributed by atoms with Crippen molar-refractivity contribution < 1.29 is 14.4 Å². The smallest absolute Gasteiger partial charge is 0.331 e. The van der Waals surface area contributed by atoms with E-state index in [1.54, 1.807) is 13.2 Å². The van der Waals surface area contributed by atoms with Gasteiger partial charge in [0.15, 0.2) is 0 Å². The van der Waals surface area contributed by atoms with Crippen LogP contribution >= 0.6 is 0 Å². The molecular formula is C14H21N3O4. The van der Waals surface area contributed by atoms with Crippen LogP contribution in [0.1, 0.15) is 32.6 Å². The fraction of sp³-hybridized carbons (Fsp3) is 0.643. The van der Waals surface area contributed by atoms with E-state index in [0.29, 0.717) is 12.4 Å². The molecule has 0 spiro atoms. The van der Waals surface area contributed by atoms with Crippen molar-refractivity contribution in [3.8, 4) is 5.88 Å². The largest absolute Gasteiger partial charge is 0.469 e. The van der Waals surface area contributed by atoms with Crippen molar-refractivity contribution in [2.24, 2.45) is 0 Å². The number of hydrogen-bond acceptors (Lipinski definition) is 6. The maximum absolute atomic E-state index is 11.1. The molecule has 116 valence electrons. The third kappa shape index (κ3) is 4.04. The fourth-order valence-electron chi connectivity index (χ4n) is 2.52. The Labute approximate surface area is 123 Å². The van der Waals surface area contributed by atoms with E-state index in [4.69, 9.17) is 9.47 Å². The zero-order chi connectivity index (χ0) is 15.2.